The van der Waals surface area contributed by atoms with Gasteiger partial charge in [0.2, 0.25) is 5.95 Å². The summed E-state index contributed by atoms with van der Waals surface area (Å²) < 4.78 is 2.13. The molecule has 1 aliphatic rings. The van der Waals surface area contributed by atoms with Crippen molar-refractivity contribution in [3.63, 3.8) is 0 Å². The van der Waals surface area contributed by atoms with Crippen LogP contribution in [-0.4, -0.2) is 29.6 Å². The maximum atomic E-state index is 13.7. The molecule has 34 heavy (non-hydrogen) atoms. The quantitative estimate of drug-likeness (QED) is 0.415. The van der Waals surface area contributed by atoms with Crippen LogP contribution in [0.5, 0.6) is 0 Å². The average Bonchev–Trinajstić information content (AvgIpc) is 3.21. The van der Waals surface area contributed by atoms with Crippen LogP contribution in [0.1, 0.15) is 31.0 Å². The number of allylic oxidation sites excluding steroid dienone is 1. The smallest absolute Gasteiger partial charge is 0.255 e. The summed E-state index contributed by atoms with van der Waals surface area (Å²) in [6, 6.07) is 24.1. The standard InChI is InChI=1S/C28H29N5O/c1-5-19-10-14-21(15-11-19)30-27(34)25-18(2)29-28-31-23-8-6-7-9-24(23)33(28)26(25)20-12-16-22(17-13-20)32(3)4/h6-17,26H,5H2,1-4H3,(H,29,31)(H,30,34)/t26-/m1/s1. The summed E-state index contributed by atoms with van der Waals surface area (Å²) in [5.41, 5.74) is 7.51. The predicted octanol–water partition coefficient (Wildman–Crippen LogP) is 5.59. The van der Waals surface area contributed by atoms with Gasteiger partial charge in [-0.25, -0.2) is 4.98 Å². The Morgan fingerprint density at radius 2 is 1.74 bits per heavy atom. The molecule has 3 aromatic carbocycles. The molecular formula is C28H29N5O. The minimum Gasteiger partial charge on any atom is -0.378 e. The summed E-state index contributed by atoms with van der Waals surface area (Å²) in [4.78, 5) is 20.6. The fraction of sp³-hybridized carbons (Fsp3) is 0.214. The number of fused-ring (bicyclic) bond motifs is 3. The molecule has 172 valence electrons. The fourth-order valence-electron chi connectivity index (χ4n) is 4.55. The van der Waals surface area contributed by atoms with Gasteiger partial charge in [0, 0.05) is 31.2 Å². The molecule has 0 aliphatic carbocycles. The largest absolute Gasteiger partial charge is 0.378 e. The van der Waals surface area contributed by atoms with E-state index >= 15 is 0 Å². The lowest BCUT2D eigenvalue weighted by Crippen LogP contribution is -2.31. The monoisotopic (exact) mass is 451 g/mol. The lowest BCUT2D eigenvalue weighted by atomic mass is 9.94. The second kappa shape index (κ2) is 8.71. The molecule has 0 saturated heterocycles. The Morgan fingerprint density at radius 1 is 1.03 bits per heavy atom. The Morgan fingerprint density at radius 3 is 2.41 bits per heavy atom. The van der Waals surface area contributed by atoms with Crippen molar-refractivity contribution in [3.05, 3.63) is 95.2 Å². The number of hydrogen-bond donors (Lipinski definition) is 2. The van der Waals surface area contributed by atoms with Gasteiger partial charge in [-0.3, -0.25) is 9.36 Å². The fourth-order valence-corrected chi connectivity index (χ4v) is 4.55. The number of benzene rings is 3. The third-order valence-corrected chi connectivity index (χ3v) is 6.42. The SMILES string of the molecule is CCc1ccc(NC(=O)C2=C(C)Nc3nc4ccccc4n3[C@@H]2c2ccc(N(C)C)cc2)cc1. The van der Waals surface area contributed by atoms with E-state index in [0.29, 0.717) is 5.57 Å². The number of nitrogens with one attached hydrogen (secondary N) is 2. The molecule has 5 rings (SSSR count). The van der Waals surface area contributed by atoms with Crippen LogP contribution >= 0.6 is 0 Å². The van der Waals surface area contributed by atoms with Gasteiger partial charge in [0.1, 0.15) is 0 Å². The van der Waals surface area contributed by atoms with Gasteiger partial charge < -0.3 is 15.5 Å². The molecule has 0 saturated carbocycles. The van der Waals surface area contributed by atoms with Crippen LogP contribution in [0.3, 0.4) is 0 Å². The molecule has 6 nitrogen and oxygen atoms in total. The summed E-state index contributed by atoms with van der Waals surface area (Å²) in [5, 5.41) is 6.49. The third kappa shape index (κ3) is 3.81. The van der Waals surface area contributed by atoms with E-state index in [9.17, 15) is 4.79 Å². The molecule has 0 spiro atoms. The normalized spacial score (nSPS) is 15.1. The highest BCUT2D eigenvalue weighted by Crippen LogP contribution is 2.39. The molecule has 1 aliphatic heterocycles. The second-order valence-electron chi connectivity index (χ2n) is 8.85. The van der Waals surface area contributed by atoms with E-state index in [1.54, 1.807) is 0 Å². The Kier molecular flexibility index (Phi) is 5.57. The van der Waals surface area contributed by atoms with Gasteiger partial charge in [0.15, 0.2) is 0 Å². The van der Waals surface area contributed by atoms with E-state index in [1.807, 2.05) is 57.4 Å². The second-order valence-corrected chi connectivity index (χ2v) is 8.85. The highest BCUT2D eigenvalue weighted by Gasteiger charge is 2.34. The first-order chi connectivity index (χ1) is 16.5. The van der Waals surface area contributed by atoms with E-state index in [0.717, 1.165) is 46.0 Å². The number of imidazole rings is 1. The molecular weight excluding hydrogens is 422 g/mol. The predicted molar refractivity (Wildman–Crippen MR) is 139 cm³/mol. The number of carbonyl (C=O) groups is 1. The molecule has 2 heterocycles. The molecule has 4 aromatic rings. The van der Waals surface area contributed by atoms with Crippen LogP contribution in [0.2, 0.25) is 0 Å². The summed E-state index contributed by atoms with van der Waals surface area (Å²) in [7, 11) is 4.04. The lowest BCUT2D eigenvalue weighted by molar-refractivity contribution is -0.113. The molecule has 1 atom stereocenters. The number of aryl methyl sites for hydroxylation is 1. The summed E-state index contributed by atoms with van der Waals surface area (Å²) in [6.45, 7) is 4.06. The number of anilines is 3. The van der Waals surface area contributed by atoms with Gasteiger partial charge in [-0.2, -0.15) is 0 Å². The minimum absolute atomic E-state index is 0.126. The third-order valence-electron chi connectivity index (χ3n) is 6.42. The highest BCUT2D eigenvalue weighted by molar-refractivity contribution is 6.06. The maximum absolute atomic E-state index is 13.7. The molecule has 6 heteroatoms. The van der Waals surface area contributed by atoms with Gasteiger partial charge in [0.05, 0.1) is 22.6 Å². The number of carbonyl (C=O) groups excluding carboxylic acids is 1. The van der Waals surface area contributed by atoms with Crippen LogP contribution in [0, 0.1) is 0 Å². The van der Waals surface area contributed by atoms with Crippen LogP contribution in [0.25, 0.3) is 11.0 Å². The maximum Gasteiger partial charge on any atom is 0.255 e. The summed E-state index contributed by atoms with van der Waals surface area (Å²) in [6.07, 6.45) is 0.962. The first-order valence-corrected chi connectivity index (χ1v) is 11.6. The van der Waals surface area contributed by atoms with E-state index in [4.69, 9.17) is 4.98 Å². The number of nitrogens with zero attached hydrogens (tertiary/aromatic N) is 3. The Balaban J connectivity index is 1.61. The van der Waals surface area contributed by atoms with Crippen molar-refractivity contribution >= 4 is 34.3 Å². The van der Waals surface area contributed by atoms with Crippen molar-refractivity contribution in [1.82, 2.24) is 9.55 Å². The van der Waals surface area contributed by atoms with Crippen LogP contribution in [-0.2, 0) is 11.2 Å². The van der Waals surface area contributed by atoms with Crippen molar-refractivity contribution in [2.24, 2.45) is 0 Å². The average molecular weight is 452 g/mol. The van der Waals surface area contributed by atoms with E-state index < -0.39 is 0 Å². The molecule has 0 bridgehead atoms. The van der Waals surface area contributed by atoms with Gasteiger partial charge >= 0.3 is 0 Å². The van der Waals surface area contributed by atoms with Crippen molar-refractivity contribution in [3.8, 4) is 0 Å². The molecule has 1 aromatic heterocycles. The first-order valence-electron chi connectivity index (χ1n) is 11.6. The summed E-state index contributed by atoms with van der Waals surface area (Å²) >= 11 is 0. The zero-order chi connectivity index (χ0) is 23.8. The van der Waals surface area contributed by atoms with Gasteiger partial charge in [-0.1, -0.05) is 43.3 Å². The molecule has 2 N–H and O–H groups in total. The number of amides is 1. The minimum atomic E-state index is -0.310. The van der Waals surface area contributed by atoms with Crippen LogP contribution < -0.4 is 15.5 Å². The number of rotatable bonds is 5. The van der Waals surface area contributed by atoms with Crippen molar-refractivity contribution in [1.29, 1.82) is 0 Å². The Bertz CT molecular complexity index is 1380. The van der Waals surface area contributed by atoms with Gasteiger partial charge in [-0.05, 0) is 60.9 Å². The number of para-hydroxylation sites is 2. The highest BCUT2D eigenvalue weighted by atomic mass is 16.1. The van der Waals surface area contributed by atoms with Gasteiger partial charge in [-0.15, -0.1) is 0 Å². The zero-order valence-electron chi connectivity index (χ0n) is 20.0. The Hall–Kier alpha value is -4.06. The van der Waals surface area contributed by atoms with Crippen molar-refractivity contribution in [2.45, 2.75) is 26.3 Å². The van der Waals surface area contributed by atoms with Gasteiger partial charge in [0.25, 0.3) is 5.91 Å². The lowest BCUT2D eigenvalue weighted by Gasteiger charge is -2.31. The van der Waals surface area contributed by atoms with Crippen molar-refractivity contribution in [2.75, 3.05) is 29.6 Å². The van der Waals surface area contributed by atoms with Crippen LogP contribution in [0.4, 0.5) is 17.3 Å². The number of aromatic nitrogens is 2. The van der Waals surface area contributed by atoms with E-state index in [1.165, 1.54) is 5.56 Å². The first kappa shape index (κ1) is 21.8. The molecule has 0 radical (unpaired) electrons. The zero-order valence-corrected chi connectivity index (χ0v) is 20.0. The number of hydrogen-bond acceptors (Lipinski definition) is 4. The molecule has 1 amide bonds. The molecule has 0 fully saturated rings. The Labute approximate surface area is 199 Å². The van der Waals surface area contributed by atoms with Crippen LogP contribution in [0.15, 0.2) is 84.1 Å². The van der Waals surface area contributed by atoms with Crippen molar-refractivity contribution < 1.29 is 4.79 Å². The topological polar surface area (TPSA) is 62.2 Å². The molecule has 0 unspecified atom stereocenters. The van der Waals surface area contributed by atoms with E-state index in [-0.39, 0.29) is 11.9 Å². The van der Waals surface area contributed by atoms with E-state index in [2.05, 4.69) is 63.4 Å². The summed E-state index contributed by atoms with van der Waals surface area (Å²) in [5.74, 6) is 0.614.